The minimum Gasteiger partial charge on any atom is -0.491 e. The molecule has 39 heavy (non-hydrogen) atoms. The Balaban J connectivity index is 1.33. The Morgan fingerprint density at radius 1 is 0.769 bits per heavy atom. The third-order valence-electron chi connectivity index (χ3n) is 7.69. The minimum atomic E-state index is -1.45. The van der Waals surface area contributed by atoms with Crippen LogP contribution in [-0.2, 0) is 6.42 Å². The lowest BCUT2D eigenvalue weighted by Gasteiger charge is -2.29. The summed E-state index contributed by atoms with van der Waals surface area (Å²) in [7, 11) is 0. The van der Waals surface area contributed by atoms with Crippen LogP contribution in [0.1, 0.15) is 75.8 Å². The monoisotopic (exact) mass is 542 g/mol. The summed E-state index contributed by atoms with van der Waals surface area (Å²) in [6, 6.07) is 13.8. The Kier molecular flexibility index (Phi) is 10.3. The van der Waals surface area contributed by atoms with E-state index in [2.05, 4.69) is 6.92 Å². The second-order valence-corrected chi connectivity index (χ2v) is 10.6. The van der Waals surface area contributed by atoms with Crippen molar-refractivity contribution >= 4 is 0 Å². The van der Waals surface area contributed by atoms with E-state index in [0.29, 0.717) is 23.3 Å². The number of hydrogen-bond acceptors (Lipinski definition) is 2. The average Bonchev–Trinajstić information content (AvgIpc) is 2.93. The molecule has 0 aromatic heterocycles. The molecule has 0 bridgehead atoms. The summed E-state index contributed by atoms with van der Waals surface area (Å²) in [5.41, 5.74) is 2.31. The van der Waals surface area contributed by atoms with Gasteiger partial charge in [0.2, 0.25) is 0 Å². The molecule has 6 heteroatoms. The van der Waals surface area contributed by atoms with Gasteiger partial charge in [0.25, 0.3) is 0 Å². The number of alkyl halides is 1. The maximum atomic E-state index is 15.1. The van der Waals surface area contributed by atoms with E-state index < -0.39 is 17.8 Å². The predicted octanol–water partition coefficient (Wildman–Crippen LogP) is 9.59. The van der Waals surface area contributed by atoms with E-state index in [1.165, 1.54) is 49.6 Å². The van der Waals surface area contributed by atoms with Crippen LogP contribution in [-0.4, -0.2) is 19.4 Å². The summed E-state index contributed by atoms with van der Waals surface area (Å²) in [6.45, 7) is 3.92. The first-order valence-corrected chi connectivity index (χ1v) is 14.1. The lowest BCUT2D eigenvalue weighted by molar-refractivity contribution is 0.189. The highest BCUT2D eigenvalue weighted by Gasteiger charge is 2.24. The van der Waals surface area contributed by atoms with Crippen LogP contribution in [0.4, 0.5) is 17.6 Å². The Labute approximate surface area is 229 Å². The first-order valence-electron chi connectivity index (χ1n) is 14.1. The third kappa shape index (κ3) is 7.77. The zero-order valence-electron chi connectivity index (χ0n) is 22.8. The normalized spacial score (nSPS) is 18.1. The summed E-state index contributed by atoms with van der Waals surface area (Å²) in [5.74, 6) is -0.431. The topological polar surface area (TPSA) is 18.5 Å². The van der Waals surface area contributed by atoms with Crippen molar-refractivity contribution in [3.63, 3.8) is 0 Å². The minimum absolute atomic E-state index is 0.0744. The molecule has 0 aliphatic heterocycles. The third-order valence-corrected chi connectivity index (χ3v) is 7.69. The van der Waals surface area contributed by atoms with Crippen LogP contribution < -0.4 is 9.47 Å². The molecule has 1 fully saturated rings. The smallest absolute Gasteiger partial charge is 0.165 e. The average molecular weight is 543 g/mol. The van der Waals surface area contributed by atoms with Crippen LogP contribution in [0.15, 0.2) is 54.6 Å². The molecule has 0 amide bonds. The molecule has 0 heterocycles. The van der Waals surface area contributed by atoms with Gasteiger partial charge in [-0.05, 0) is 97.0 Å². The van der Waals surface area contributed by atoms with Crippen LogP contribution in [0.5, 0.6) is 11.5 Å². The van der Waals surface area contributed by atoms with Crippen molar-refractivity contribution in [3.05, 3.63) is 83.2 Å². The highest BCUT2D eigenvalue weighted by atomic mass is 19.1. The molecular formula is C33H38F4O2. The van der Waals surface area contributed by atoms with Gasteiger partial charge in [0.1, 0.15) is 18.6 Å². The molecular weight excluding hydrogens is 504 g/mol. The van der Waals surface area contributed by atoms with Gasteiger partial charge in [0, 0.05) is 6.42 Å². The molecule has 3 aromatic rings. The molecule has 0 saturated heterocycles. The highest BCUT2D eigenvalue weighted by Crippen LogP contribution is 2.39. The lowest BCUT2D eigenvalue weighted by atomic mass is 9.77. The van der Waals surface area contributed by atoms with Crippen molar-refractivity contribution in [1.29, 1.82) is 0 Å². The molecule has 2 nitrogen and oxygen atoms in total. The fourth-order valence-corrected chi connectivity index (χ4v) is 5.53. The van der Waals surface area contributed by atoms with Crippen molar-refractivity contribution in [1.82, 2.24) is 0 Å². The maximum absolute atomic E-state index is 15.1. The zero-order chi connectivity index (χ0) is 27.8. The van der Waals surface area contributed by atoms with Crippen molar-refractivity contribution in [2.24, 2.45) is 5.92 Å². The SMILES string of the molecule is CCCCC1CCC(c2ccc(-c3ccc(OCC(F)Cc4ccc(OCC)c(F)c4)c(F)c3)cc2F)CC1. The Morgan fingerprint density at radius 2 is 1.41 bits per heavy atom. The Hall–Kier alpha value is -3.02. The van der Waals surface area contributed by atoms with Gasteiger partial charge in [-0.15, -0.1) is 0 Å². The van der Waals surface area contributed by atoms with E-state index in [-0.39, 0.29) is 36.3 Å². The summed E-state index contributed by atoms with van der Waals surface area (Å²) in [5, 5.41) is 0. The zero-order valence-corrected chi connectivity index (χ0v) is 22.8. The van der Waals surface area contributed by atoms with E-state index in [1.54, 1.807) is 19.1 Å². The van der Waals surface area contributed by atoms with Crippen LogP contribution in [0, 0.1) is 23.4 Å². The van der Waals surface area contributed by atoms with E-state index in [4.69, 9.17) is 9.47 Å². The first kappa shape index (κ1) is 29.0. The predicted molar refractivity (Wildman–Crippen MR) is 148 cm³/mol. The quantitative estimate of drug-likeness (QED) is 0.212. The Bertz CT molecular complexity index is 1220. The van der Waals surface area contributed by atoms with Gasteiger partial charge in [-0.1, -0.05) is 50.5 Å². The van der Waals surface area contributed by atoms with Gasteiger partial charge in [0.05, 0.1) is 6.61 Å². The van der Waals surface area contributed by atoms with Crippen molar-refractivity contribution in [2.75, 3.05) is 13.2 Å². The van der Waals surface area contributed by atoms with Gasteiger partial charge >= 0.3 is 0 Å². The first-order chi connectivity index (χ1) is 18.9. The molecule has 3 aromatic carbocycles. The molecule has 0 radical (unpaired) electrons. The van der Waals surface area contributed by atoms with Gasteiger partial charge in [0.15, 0.2) is 23.1 Å². The number of benzene rings is 3. The molecule has 210 valence electrons. The van der Waals surface area contributed by atoms with Crippen molar-refractivity contribution < 1.29 is 27.0 Å². The fraction of sp³-hybridized carbons (Fsp3) is 0.455. The number of unbranched alkanes of at least 4 members (excludes halogenated alkanes) is 1. The summed E-state index contributed by atoms with van der Waals surface area (Å²) in [6.07, 6.45) is 6.53. The number of hydrogen-bond donors (Lipinski definition) is 0. The second-order valence-electron chi connectivity index (χ2n) is 10.6. The second kappa shape index (κ2) is 13.9. The molecule has 0 N–H and O–H groups in total. The maximum Gasteiger partial charge on any atom is 0.165 e. The van der Waals surface area contributed by atoms with Crippen LogP contribution in [0.2, 0.25) is 0 Å². The number of rotatable bonds is 12. The molecule has 1 atom stereocenters. The lowest BCUT2D eigenvalue weighted by Crippen LogP contribution is -2.16. The summed E-state index contributed by atoms with van der Waals surface area (Å²) in [4.78, 5) is 0. The molecule has 1 aliphatic carbocycles. The molecule has 0 spiro atoms. The molecule has 1 saturated carbocycles. The van der Waals surface area contributed by atoms with Crippen molar-refractivity contribution in [3.8, 4) is 22.6 Å². The largest absolute Gasteiger partial charge is 0.491 e. The van der Waals surface area contributed by atoms with E-state index in [0.717, 1.165) is 37.2 Å². The van der Waals surface area contributed by atoms with E-state index in [1.807, 2.05) is 12.1 Å². The van der Waals surface area contributed by atoms with Gasteiger partial charge in [-0.2, -0.15) is 0 Å². The van der Waals surface area contributed by atoms with Crippen LogP contribution in [0.3, 0.4) is 0 Å². The summed E-state index contributed by atoms with van der Waals surface area (Å²) < 4.78 is 68.9. The van der Waals surface area contributed by atoms with Crippen LogP contribution >= 0.6 is 0 Å². The molecule has 1 unspecified atom stereocenters. The van der Waals surface area contributed by atoms with Gasteiger partial charge in [-0.25, -0.2) is 17.6 Å². The Morgan fingerprint density at radius 3 is 2.05 bits per heavy atom. The highest BCUT2D eigenvalue weighted by molar-refractivity contribution is 5.65. The number of halogens is 4. The number of ether oxygens (including phenoxy) is 2. The van der Waals surface area contributed by atoms with Crippen LogP contribution in [0.25, 0.3) is 11.1 Å². The van der Waals surface area contributed by atoms with E-state index >= 15 is 4.39 Å². The van der Waals surface area contributed by atoms with E-state index in [9.17, 15) is 13.2 Å². The fourth-order valence-electron chi connectivity index (χ4n) is 5.53. The standard InChI is InChI=1S/C33H38F4O2/c1-3-5-6-22-7-10-24(11-8-22)28-14-12-25(19-29(28)35)26-13-16-33(31(37)20-26)39-21-27(34)17-23-9-15-32(38-4-2)30(36)18-23/h9,12-16,18-20,22,24,27H,3-8,10-11,17,21H2,1-2H3. The molecule has 1 aliphatic rings. The van der Waals surface area contributed by atoms with Crippen molar-refractivity contribution in [2.45, 2.75) is 77.3 Å². The van der Waals surface area contributed by atoms with Gasteiger partial charge in [-0.3, -0.25) is 0 Å². The van der Waals surface area contributed by atoms with Gasteiger partial charge < -0.3 is 9.47 Å². The molecule has 4 rings (SSSR count). The summed E-state index contributed by atoms with van der Waals surface area (Å²) >= 11 is 0.